The van der Waals surface area contributed by atoms with Crippen LogP contribution in [0.25, 0.3) is 11.1 Å². The summed E-state index contributed by atoms with van der Waals surface area (Å²) >= 11 is 0. The molecule has 2 heterocycles. The summed E-state index contributed by atoms with van der Waals surface area (Å²) in [6.07, 6.45) is 1.16. The van der Waals surface area contributed by atoms with E-state index >= 15 is 0 Å². The average Bonchev–Trinajstić information content (AvgIpc) is 2.23. The summed E-state index contributed by atoms with van der Waals surface area (Å²) in [5, 5.41) is 21.4. The molecule has 0 atom stereocenters. The van der Waals surface area contributed by atoms with E-state index in [1.54, 1.807) is 6.92 Å². The Bertz CT molecular complexity index is 639. The lowest BCUT2D eigenvalue weighted by atomic mass is 10.2. The molecule has 0 fully saturated rings. The molecule has 0 aliphatic heterocycles. The van der Waals surface area contributed by atoms with Crippen molar-refractivity contribution in [2.75, 3.05) is 0 Å². The first kappa shape index (κ1) is 9.32. The van der Waals surface area contributed by atoms with Crippen molar-refractivity contribution in [3.8, 4) is 0 Å². The zero-order valence-electron chi connectivity index (χ0n) is 7.84. The number of fused-ring (bicyclic) bond motifs is 1. The molecule has 0 aliphatic carbocycles. The average molecular weight is 208 g/mol. The van der Waals surface area contributed by atoms with Crippen molar-refractivity contribution in [3.05, 3.63) is 39.7 Å². The summed E-state index contributed by atoms with van der Waals surface area (Å²) in [6, 6.07) is 2.56. The molecule has 0 saturated carbocycles. The van der Waals surface area contributed by atoms with E-state index in [0.29, 0.717) is 5.69 Å². The molecule has 6 heteroatoms. The van der Waals surface area contributed by atoms with Gasteiger partial charge in [0.05, 0.1) is 12.0 Å². The van der Waals surface area contributed by atoms with Crippen LogP contribution in [0.4, 0.5) is 0 Å². The second-order valence-electron chi connectivity index (χ2n) is 3.05. The number of pyridine rings is 1. The highest BCUT2D eigenvalue weighted by molar-refractivity contribution is 5.72. The Balaban J connectivity index is 3.19. The molecule has 2 rings (SSSR count). The van der Waals surface area contributed by atoms with E-state index in [4.69, 9.17) is 9.62 Å². The van der Waals surface area contributed by atoms with Crippen LogP contribution in [0.1, 0.15) is 5.69 Å². The van der Waals surface area contributed by atoms with Crippen molar-refractivity contribution in [2.24, 2.45) is 5.16 Å². The van der Waals surface area contributed by atoms with Gasteiger partial charge in [0.15, 0.2) is 5.43 Å². The van der Waals surface area contributed by atoms with E-state index in [9.17, 15) is 10.0 Å². The molecule has 6 nitrogen and oxygen atoms in total. The number of aromatic nitrogens is 1. The molecule has 0 spiro atoms. The Morgan fingerprint density at radius 2 is 2.27 bits per heavy atom. The fraction of sp³-hybridized carbons (Fsp3) is 0.111. The topological polar surface area (TPSA) is 88.0 Å². The SMILES string of the molecule is Cc1c/c(=N\O)c2c(=O)ccoc2n1O. The summed E-state index contributed by atoms with van der Waals surface area (Å²) in [7, 11) is 0. The predicted octanol–water partition coefficient (Wildman–Crippen LogP) is 0.430. The van der Waals surface area contributed by atoms with E-state index in [1.807, 2.05) is 0 Å². The number of nitrogens with zero attached hydrogens (tertiary/aromatic N) is 2. The summed E-state index contributed by atoms with van der Waals surface area (Å²) in [5.41, 5.74) is -0.0354. The first-order valence-electron chi connectivity index (χ1n) is 4.16. The molecule has 0 bridgehead atoms. The molecule has 0 radical (unpaired) electrons. The second-order valence-corrected chi connectivity index (χ2v) is 3.05. The van der Waals surface area contributed by atoms with E-state index < -0.39 is 0 Å². The predicted molar refractivity (Wildman–Crippen MR) is 49.7 cm³/mol. The van der Waals surface area contributed by atoms with Gasteiger partial charge in [0.2, 0.25) is 5.71 Å². The van der Waals surface area contributed by atoms with Crippen LogP contribution in [0.2, 0.25) is 0 Å². The van der Waals surface area contributed by atoms with Crippen molar-refractivity contribution in [1.82, 2.24) is 4.73 Å². The lowest BCUT2D eigenvalue weighted by molar-refractivity contribution is 0.178. The molecule has 0 unspecified atom stereocenters. The Hall–Kier alpha value is -2.24. The highest BCUT2D eigenvalue weighted by atomic mass is 16.5. The smallest absolute Gasteiger partial charge is 0.245 e. The minimum atomic E-state index is -0.383. The van der Waals surface area contributed by atoms with Crippen molar-refractivity contribution in [1.29, 1.82) is 0 Å². The molecule has 0 amide bonds. The zero-order valence-corrected chi connectivity index (χ0v) is 7.84. The molecule has 2 N–H and O–H groups in total. The van der Waals surface area contributed by atoms with Crippen LogP contribution in [0.5, 0.6) is 0 Å². The summed E-state index contributed by atoms with van der Waals surface area (Å²) in [4.78, 5) is 11.5. The zero-order chi connectivity index (χ0) is 11.0. The van der Waals surface area contributed by atoms with Crippen LogP contribution in [0.15, 0.2) is 32.8 Å². The largest absolute Gasteiger partial charge is 0.445 e. The molecular formula is C9H8N2O4. The molecule has 0 aromatic carbocycles. The Morgan fingerprint density at radius 1 is 1.53 bits per heavy atom. The van der Waals surface area contributed by atoms with Gasteiger partial charge in [0.25, 0.3) is 0 Å². The summed E-state index contributed by atoms with van der Waals surface area (Å²) < 4.78 is 5.72. The third kappa shape index (κ3) is 1.26. The first-order chi connectivity index (χ1) is 7.15. The quantitative estimate of drug-likeness (QED) is 0.373. The normalized spacial score (nSPS) is 12.2. The van der Waals surface area contributed by atoms with E-state index in [1.165, 1.54) is 12.1 Å². The number of aryl methyl sites for hydroxylation is 1. The Kier molecular flexibility index (Phi) is 1.96. The van der Waals surface area contributed by atoms with E-state index in [0.717, 1.165) is 11.0 Å². The molecule has 15 heavy (non-hydrogen) atoms. The third-order valence-electron chi connectivity index (χ3n) is 2.10. The maximum absolute atomic E-state index is 11.5. The van der Waals surface area contributed by atoms with E-state index in [-0.39, 0.29) is 21.9 Å². The fourth-order valence-electron chi connectivity index (χ4n) is 1.37. The van der Waals surface area contributed by atoms with Crippen molar-refractivity contribution in [2.45, 2.75) is 6.92 Å². The monoisotopic (exact) mass is 208 g/mol. The van der Waals surface area contributed by atoms with Gasteiger partial charge in [-0.05, 0) is 13.0 Å². The van der Waals surface area contributed by atoms with Crippen LogP contribution in [0, 0.1) is 6.92 Å². The Labute approximate surface area is 83.3 Å². The van der Waals surface area contributed by atoms with Crippen LogP contribution in [-0.2, 0) is 0 Å². The van der Waals surface area contributed by atoms with Crippen LogP contribution in [0.3, 0.4) is 0 Å². The molecule has 2 aromatic rings. The number of hydrogen-bond acceptors (Lipinski definition) is 5. The maximum Gasteiger partial charge on any atom is 0.245 e. The van der Waals surface area contributed by atoms with Gasteiger partial charge in [-0.15, -0.1) is 0 Å². The van der Waals surface area contributed by atoms with Crippen molar-refractivity contribution >= 4 is 11.1 Å². The van der Waals surface area contributed by atoms with Crippen molar-refractivity contribution < 1.29 is 14.8 Å². The lowest BCUT2D eigenvalue weighted by Gasteiger charge is -2.04. The van der Waals surface area contributed by atoms with Crippen LogP contribution < -0.4 is 10.8 Å². The third-order valence-corrected chi connectivity index (χ3v) is 2.10. The maximum atomic E-state index is 11.5. The number of rotatable bonds is 0. The second kappa shape index (κ2) is 3.16. The minimum Gasteiger partial charge on any atom is -0.445 e. The van der Waals surface area contributed by atoms with Gasteiger partial charge >= 0.3 is 0 Å². The van der Waals surface area contributed by atoms with Gasteiger partial charge in [-0.25, -0.2) is 0 Å². The lowest BCUT2D eigenvalue weighted by Crippen LogP contribution is -2.18. The van der Waals surface area contributed by atoms with Gasteiger partial charge in [0.1, 0.15) is 10.7 Å². The van der Waals surface area contributed by atoms with E-state index in [2.05, 4.69) is 5.16 Å². The standard InChI is InChI=1S/C9H8N2O4/c1-5-4-6(10-13)8-7(12)2-3-15-9(8)11(5)14/h2-4,13-14H,1H3/b10-6+. The molecule has 0 aliphatic rings. The summed E-state index contributed by atoms with van der Waals surface area (Å²) in [5.74, 6) is 0. The molecule has 78 valence electrons. The van der Waals surface area contributed by atoms with Crippen LogP contribution in [-0.4, -0.2) is 15.1 Å². The molecular weight excluding hydrogens is 200 g/mol. The van der Waals surface area contributed by atoms with Gasteiger partial charge in [0, 0.05) is 6.07 Å². The minimum absolute atomic E-state index is 0.0353. The van der Waals surface area contributed by atoms with Crippen molar-refractivity contribution in [3.63, 3.8) is 0 Å². The van der Waals surface area contributed by atoms with Gasteiger partial charge < -0.3 is 14.8 Å². The number of hydrogen-bond donors (Lipinski definition) is 2. The summed E-state index contributed by atoms with van der Waals surface area (Å²) in [6.45, 7) is 1.58. The Morgan fingerprint density at radius 3 is 2.93 bits per heavy atom. The fourth-order valence-corrected chi connectivity index (χ4v) is 1.37. The van der Waals surface area contributed by atoms with Crippen LogP contribution >= 0.6 is 0 Å². The highest BCUT2D eigenvalue weighted by Crippen LogP contribution is 2.06. The molecule has 0 saturated heterocycles. The van der Waals surface area contributed by atoms with Gasteiger partial charge in [-0.2, -0.15) is 4.73 Å². The highest BCUT2D eigenvalue weighted by Gasteiger charge is 2.09. The first-order valence-corrected chi connectivity index (χ1v) is 4.16. The van der Waals surface area contributed by atoms with Gasteiger partial charge in [-0.1, -0.05) is 5.16 Å². The van der Waals surface area contributed by atoms with Gasteiger partial charge in [-0.3, -0.25) is 4.79 Å². The molecule has 2 aromatic heterocycles.